The third kappa shape index (κ3) is 2.62. The fourth-order valence-electron chi connectivity index (χ4n) is 0.248. The van der Waals surface area contributed by atoms with Crippen molar-refractivity contribution < 1.29 is 29.6 Å². The van der Waals surface area contributed by atoms with Gasteiger partial charge in [-0.1, -0.05) is 17.8 Å². The molecule has 0 aromatic carbocycles. The third-order valence-electron chi connectivity index (χ3n) is 0.491. The molecule has 8 heavy (non-hydrogen) atoms. The summed E-state index contributed by atoms with van der Waals surface area (Å²) < 4.78 is 0. The normalized spacial score (nSPS) is 7.62. The molecule has 0 unspecified atom stereocenters. The van der Waals surface area contributed by atoms with Gasteiger partial charge in [-0.3, -0.25) is 4.98 Å². The summed E-state index contributed by atoms with van der Waals surface area (Å²) in [5.74, 6) is 0. The van der Waals surface area contributed by atoms with Crippen LogP contribution in [0.25, 0.3) is 0 Å². The molecule has 0 spiro atoms. The molecule has 4 heteroatoms. The number of hydrogen-bond acceptors (Lipinski definition) is 2. The summed E-state index contributed by atoms with van der Waals surface area (Å²) in [7, 11) is 0. The Kier molecular flexibility index (Phi) is 4.47. The molecule has 1 rings (SSSR count). The molecule has 0 saturated carbocycles. The summed E-state index contributed by atoms with van der Waals surface area (Å²) in [6, 6.07) is 0. The van der Waals surface area contributed by atoms with Crippen LogP contribution in [-0.4, -0.2) is 9.97 Å². The van der Waals surface area contributed by atoms with Crippen molar-refractivity contribution in [3.63, 3.8) is 0 Å². The topological polar surface area (TPSA) is 25.8 Å². The van der Waals surface area contributed by atoms with E-state index in [2.05, 4.69) is 16.2 Å². The van der Waals surface area contributed by atoms with Crippen molar-refractivity contribution in [3.8, 4) is 0 Å². The van der Waals surface area contributed by atoms with Gasteiger partial charge >= 0.3 is 29.6 Å². The molecule has 0 fully saturated rings. The Morgan fingerprint density at radius 3 is 2.62 bits per heavy atom. The van der Waals surface area contributed by atoms with Gasteiger partial charge in [0.2, 0.25) is 0 Å². The van der Waals surface area contributed by atoms with Gasteiger partial charge in [-0.05, 0) is 6.20 Å². The zero-order chi connectivity index (χ0) is 5.11. The van der Waals surface area contributed by atoms with E-state index in [4.69, 9.17) is 11.6 Å². The van der Waals surface area contributed by atoms with Gasteiger partial charge in [0.1, 0.15) is 0 Å². The molecule has 0 aliphatic rings. The van der Waals surface area contributed by atoms with Crippen molar-refractivity contribution in [1.82, 2.24) is 9.97 Å². The van der Waals surface area contributed by atoms with Crippen LogP contribution < -0.4 is 29.6 Å². The molecule has 1 heterocycles. The van der Waals surface area contributed by atoms with Crippen LogP contribution in [0.4, 0.5) is 0 Å². The van der Waals surface area contributed by atoms with Gasteiger partial charge in [0, 0.05) is 0 Å². The Balaban J connectivity index is 0.000000490. The zero-order valence-corrected chi connectivity index (χ0v) is 7.18. The van der Waals surface area contributed by atoms with Crippen molar-refractivity contribution in [2.45, 2.75) is 0 Å². The average Bonchev–Trinajstić information content (AvgIpc) is 1.69. The van der Waals surface area contributed by atoms with Crippen LogP contribution in [0.1, 0.15) is 0 Å². The largest absolute Gasteiger partial charge is 1.00 e. The zero-order valence-electron chi connectivity index (χ0n) is 4.43. The molecule has 0 radical (unpaired) electrons. The van der Waals surface area contributed by atoms with Gasteiger partial charge in [0.25, 0.3) is 0 Å². The first-order valence-electron chi connectivity index (χ1n) is 1.73. The second kappa shape index (κ2) is 4.27. The molecule has 1 aromatic heterocycles. The Morgan fingerprint density at radius 2 is 2.38 bits per heavy atom. The smallest absolute Gasteiger partial charge is 0.455 e. The van der Waals surface area contributed by atoms with E-state index in [-0.39, 0.29) is 29.6 Å². The first kappa shape index (κ1) is 8.37. The number of hydrogen-bond donors (Lipinski definition) is 0. The van der Waals surface area contributed by atoms with Gasteiger partial charge in [-0.2, -0.15) is 0 Å². The molecular weight excluding hydrogens is 135 g/mol. The molecule has 0 atom stereocenters. The monoisotopic (exact) mass is 136 g/mol. The van der Waals surface area contributed by atoms with Gasteiger partial charge in [0.05, 0.1) is 5.15 Å². The summed E-state index contributed by atoms with van der Waals surface area (Å²) in [5.41, 5.74) is 0. The molecule has 36 valence electrons. The van der Waals surface area contributed by atoms with Crippen molar-refractivity contribution in [3.05, 3.63) is 23.7 Å². The van der Waals surface area contributed by atoms with Crippen molar-refractivity contribution >= 4 is 11.6 Å². The average molecular weight is 137 g/mol. The van der Waals surface area contributed by atoms with Gasteiger partial charge < -0.3 is 4.98 Å². The minimum Gasteiger partial charge on any atom is -0.455 e. The Labute approximate surface area is 74.6 Å². The number of rotatable bonds is 0. The van der Waals surface area contributed by atoms with Gasteiger partial charge in [0.15, 0.2) is 0 Å². The van der Waals surface area contributed by atoms with E-state index in [0.29, 0.717) is 5.15 Å². The van der Waals surface area contributed by atoms with Crippen LogP contribution in [0.15, 0.2) is 12.4 Å². The van der Waals surface area contributed by atoms with E-state index < -0.39 is 0 Å². The number of halogens is 1. The SMILES string of the molecule is Clc1cn[c-]cn1.[Na+]. The van der Waals surface area contributed by atoms with Crippen LogP contribution in [0.5, 0.6) is 0 Å². The first-order chi connectivity index (χ1) is 3.39. The quantitative estimate of drug-likeness (QED) is 0.303. The van der Waals surface area contributed by atoms with E-state index in [1.165, 1.54) is 12.4 Å². The molecule has 2 nitrogen and oxygen atoms in total. The molecule has 0 aliphatic carbocycles. The summed E-state index contributed by atoms with van der Waals surface area (Å²) in [4.78, 5) is 7.19. The van der Waals surface area contributed by atoms with E-state index in [0.717, 1.165) is 0 Å². The number of nitrogens with zero attached hydrogens (tertiary/aromatic N) is 2. The molecular formula is C4H2ClN2Na. The van der Waals surface area contributed by atoms with Crippen molar-refractivity contribution in [1.29, 1.82) is 0 Å². The second-order valence-corrected chi connectivity index (χ2v) is 1.36. The van der Waals surface area contributed by atoms with Crippen LogP contribution >= 0.6 is 11.6 Å². The van der Waals surface area contributed by atoms with Crippen LogP contribution in [0, 0.1) is 6.20 Å². The maximum Gasteiger partial charge on any atom is 1.00 e. The van der Waals surface area contributed by atoms with E-state index in [1.54, 1.807) is 0 Å². The fourth-order valence-corrected chi connectivity index (χ4v) is 0.345. The Hall–Kier alpha value is 0.370. The fraction of sp³-hybridized carbons (Fsp3) is 0. The van der Waals surface area contributed by atoms with Crippen LogP contribution in [0.3, 0.4) is 0 Å². The summed E-state index contributed by atoms with van der Waals surface area (Å²) in [6.07, 6.45) is 5.34. The summed E-state index contributed by atoms with van der Waals surface area (Å²) >= 11 is 5.35. The predicted molar refractivity (Wildman–Crippen MR) is 25.9 cm³/mol. The van der Waals surface area contributed by atoms with Gasteiger partial charge in [-0.25, -0.2) is 0 Å². The first-order valence-corrected chi connectivity index (χ1v) is 2.11. The maximum absolute atomic E-state index is 5.35. The van der Waals surface area contributed by atoms with Gasteiger partial charge in [-0.15, -0.1) is 6.20 Å². The molecule has 1 aromatic rings. The Bertz CT molecular complexity index is 144. The summed E-state index contributed by atoms with van der Waals surface area (Å²) in [6.45, 7) is 0. The minimum atomic E-state index is 0. The molecule has 0 bridgehead atoms. The molecule has 0 aliphatic heterocycles. The molecule has 0 amide bonds. The predicted octanol–water partition coefficient (Wildman–Crippen LogP) is -2.07. The van der Waals surface area contributed by atoms with Crippen molar-refractivity contribution in [2.75, 3.05) is 0 Å². The Morgan fingerprint density at radius 1 is 1.62 bits per heavy atom. The van der Waals surface area contributed by atoms with E-state index >= 15 is 0 Å². The van der Waals surface area contributed by atoms with E-state index in [9.17, 15) is 0 Å². The standard InChI is InChI=1S/C4H2ClN2.Na/c5-4-3-6-1-2-7-4;/h2-3H;/q-1;+1. The third-order valence-corrected chi connectivity index (χ3v) is 0.686. The second-order valence-electron chi connectivity index (χ2n) is 0.968. The summed E-state index contributed by atoms with van der Waals surface area (Å²) in [5, 5.41) is 0.402. The molecule has 0 saturated heterocycles. The maximum atomic E-state index is 5.35. The minimum absolute atomic E-state index is 0. The van der Waals surface area contributed by atoms with Crippen LogP contribution in [-0.2, 0) is 0 Å². The van der Waals surface area contributed by atoms with Crippen molar-refractivity contribution in [2.24, 2.45) is 0 Å². The van der Waals surface area contributed by atoms with E-state index in [1.807, 2.05) is 0 Å². The van der Waals surface area contributed by atoms with Crippen LogP contribution in [0.2, 0.25) is 5.15 Å². The number of aromatic nitrogens is 2. The molecule has 0 N–H and O–H groups in total.